The van der Waals surface area contributed by atoms with Gasteiger partial charge in [0.05, 0.1) is 15.9 Å². The van der Waals surface area contributed by atoms with Gasteiger partial charge < -0.3 is 9.88 Å². The van der Waals surface area contributed by atoms with Crippen molar-refractivity contribution in [2.24, 2.45) is 0 Å². The van der Waals surface area contributed by atoms with Gasteiger partial charge in [0.1, 0.15) is 11.6 Å². The first-order valence-electron chi connectivity index (χ1n) is 11.3. The lowest BCUT2D eigenvalue weighted by molar-refractivity contribution is -0.121. The fourth-order valence-electron chi connectivity index (χ4n) is 3.85. The smallest absolute Gasteiger partial charge is 0.243 e. The Morgan fingerprint density at radius 2 is 1.85 bits per heavy atom. The van der Waals surface area contributed by atoms with E-state index in [1.165, 1.54) is 10.4 Å². The van der Waals surface area contributed by atoms with Crippen molar-refractivity contribution in [1.82, 2.24) is 19.2 Å². The quantitative estimate of drug-likeness (QED) is 0.457. The molecule has 2 aromatic carbocycles. The SMILES string of the molecule is CCCn1c(CCC(=O)NCc2ccccc2F)nc2cc(S(=O)(=O)N(CC)CC)ccc21. The van der Waals surface area contributed by atoms with Gasteiger partial charge >= 0.3 is 0 Å². The number of aryl methyl sites for hydroxylation is 2. The Morgan fingerprint density at radius 3 is 2.52 bits per heavy atom. The van der Waals surface area contributed by atoms with Gasteiger partial charge in [-0.25, -0.2) is 17.8 Å². The number of halogens is 1. The normalized spacial score (nSPS) is 11.9. The van der Waals surface area contributed by atoms with E-state index in [2.05, 4.69) is 17.2 Å². The highest BCUT2D eigenvalue weighted by Gasteiger charge is 2.23. The third-order valence-electron chi connectivity index (χ3n) is 5.60. The van der Waals surface area contributed by atoms with E-state index in [4.69, 9.17) is 0 Å². The molecular weight excluding hydrogens is 443 g/mol. The van der Waals surface area contributed by atoms with E-state index >= 15 is 0 Å². The number of nitrogens with one attached hydrogen (secondary N) is 1. The van der Waals surface area contributed by atoms with E-state index < -0.39 is 10.0 Å². The van der Waals surface area contributed by atoms with Gasteiger partial charge in [0.15, 0.2) is 0 Å². The Labute approximate surface area is 194 Å². The summed E-state index contributed by atoms with van der Waals surface area (Å²) in [6, 6.07) is 11.4. The van der Waals surface area contributed by atoms with Crippen LogP contribution in [-0.4, -0.2) is 41.3 Å². The third kappa shape index (κ3) is 5.59. The number of carbonyl (C=O) groups is 1. The first-order chi connectivity index (χ1) is 15.8. The van der Waals surface area contributed by atoms with Crippen molar-refractivity contribution in [2.75, 3.05) is 13.1 Å². The predicted molar refractivity (Wildman–Crippen MR) is 127 cm³/mol. The van der Waals surface area contributed by atoms with Gasteiger partial charge in [-0.1, -0.05) is 39.0 Å². The molecular formula is C24H31FN4O3S. The molecule has 3 aromatic rings. The molecule has 0 saturated heterocycles. The molecule has 0 aliphatic heterocycles. The molecule has 33 heavy (non-hydrogen) atoms. The third-order valence-corrected chi connectivity index (χ3v) is 7.64. The monoisotopic (exact) mass is 474 g/mol. The van der Waals surface area contributed by atoms with Crippen LogP contribution in [-0.2, 0) is 34.3 Å². The average Bonchev–Trinajstić information content (AvgIpc) is 3.14. The van der Waals surface area contributed by atoms with E-state index in [0.29, 0.717) is 37.1 Å². The molecule has 0 spiro atoms. The molecule has 178 valence electrons. The number of imidazole rings is 1. The number of nitrogens with zero attached hydrogens (tertiary/aromatic N) is 3. The minimum Gasteiger partial charge on any atom is -0.352 e. The molecule has 3 rings (SSSR count). The Bertz CT molecular complexity index is 1220. The number of aromatic nitrogens is 2. The summed E-state index contributed by atoms with van der Waals surface area (Å²) in [5.74, 6) is 0.182. The van der Waals surface area contributed by atoms with Gasteiger partial charge in [0.25, 0.3) is 0 Å². The minimum absolute atomic E-state index is 0.128. The fraction of sp³-hybridized carbons (Fsp3) is 0.417. The number of sulfonamides is 1. The zero-order valence-electron chi connectivity index (χ0n) is 19.3. The topological polar surface area (TPSA) is 84.3 Å². The number of carbonyl (C=O) groups excluding carboxylic acids is 1. The van der Waals surface area contributed by atoms with Crippen LogP contribution in [0.1, 0.15) is 45.0 Å². The van der Waals surface area contributed by atoms with Gasteiger partial charge in [-0.2, -0.15) is 4.31 Å². The lowest BCUT2D eigenvalue weighted by Crippen LogP contribution is -2.30. The lowest BCUT2D eigenvalue weighted by Gasteiger charge is -2.18. The number of amides is 1. The van der Waals surface area contributed by atoms with Crippen LogP contribution >= 0.6 is 0 Å². The van der Waals surface area contributed by atoms with Gasteiger partial charge in [-0.15, -0.1) is 0 Å². The van der Waals surface area contributed by atoms with Crippen molar-refractivity contribution < 1.29 is 17.6 Å². The summed E-state index contributed by atoms with van der Waals surface area (Å²) in [5, 5.41) is 2.75. The molecule has 1 aromatic heterocycles. The molecule has 0 aliphatic carbocycles. The Balaban J connectivity index is 1.78. The molecule has 1 N–H and O–H groups in total. The second kappa shape index (κ2) is 10.9. The Morgan fingerprint density at radius 1 is 1.12 bits per heavy atom. The van der Waals surface area contributed by atoms with Gasteiger partial charge in [0.2, 0.25) is 15.9 Å². The highest BCUT2D eigenvalue weighted by Crippen LogP contribution is 2.24. The molecule has 1 heterocycles. The Hall–Kier alpha value is -2.78. The molecule has 0 bridgehead atoms. The van der Waals surface area contributed by atoms with Crippen LogP contribution < -0.4 is 5.32 Å². The van der Waals surface area contributed by atoms with Crippen LogP contribution in [0, 0.1) is 5.82 Å². The number of benzene rings is 2. The molecule has 0 saturated carbocycles. The summed E-state index contributed by atoms with van der Waals surface area (Å²) in [6.45, 7) is 7.31. The second-order valence-electron chi connectivity index (χ2n) is 7.79. The number of hydrogen-bond acceptors (Lipinski definition) is 4. The molecule has 7 nitrogen and oxygen atoms in total. The Kier molecular flexibility index (Phi) is 8.20. The van der Waals surface area contributed by atoms with Gasteiger partial charge in [0, 0.05) is 44.6 Å². The van der Waals surface area contributed by atoms with E-state index in [0.717, 1.165) is 17.8 Å². The molecule has 0 fully saturated rings. The summed E-state index contributed by atoms with van der Waals surface area (Å²) in [7, 11) is -3.58. The maximum Gasteiger partial charge on any atom is 0.243 e. The number of fused-ring (bicyclic) bond motifs is 1. The van der Waals surface area contributed by atoms with Gasteiger partial charge in [-0.3, -0.25) is 4.79 Å². The number of rotatable bonds is 11. The van der Waals surface area contributed by atoms with Crippen LogP contribution in [0.2, 0.25) is 0 Å². The first kappa shape index (κ1) is 24.9. The maximum absolute atomic E-state index is 13.7. The minimum atomic E-state index is -3.58. The molecule has 1 amide bonds. The van der Waals surface area contributed by atoms with Crippen molar-refractivity contribution in [3.63, 3.8) is 0 Å². The van der Waals surface area contributed by atoms with Crippen LogP contribution in [0.5, 0.6) is 0 Å². The summed E-state index contributed by atoms with van der Waals surface area (Å²) < 4.78 is 43.0. The van der Waals surface area contributed by atoms with Crippen LogP contribution in [0.4, 0.5) is 4.39 Å². The zero-order valence-corrected chi connectivity index (χ0v) is 20.2. The summed E-state index contributed by atoms with van der Waals surface area (Å²) in [4.78, 5) is 17.2. The van der Waals surface area contributed by atoms with Crippen LogP contribution in [0.3, 0.4) is 0 Å². The van der Waals surface area contributed by atoms with Crippen molar-refractivity contribution >= 4 is 27.0 Å². The fourth-order valence-corrected chi connectivity index (χ4v) is 5.32. The highest BCUT2D eigenvalue weighted by molar-refractivity contribution is 7.89. The molecule has 0 unspecified atom stereocenters. The molecule has 0 radical (unpaired) electrons. The van der Waals surface area contributed by atoms with Crippen LogP contribution in [0.15, 0.2) is 47.4 Å². The lowest BCUT2D eigenvalue weighted by atomic mass is 10.2. The van der Waals surface area contributed by atoms with E-state index in [9.17, 15) is 17.6 Å². The van der Waals surface area contributed by atoms with Crippen molar-refractivity contribution in [3.05, 3.63) is 59.7 Å². The first-order valence-corrected chi connectivity index (χ1v) is 12.7. The largest absolute Gasteiger partial charge is 0.352 e. The van der Waals surface area contributed by atoms with E-state index in [1.54, 1.807) is 36.4 Å². The standard InChI is InChI=1S/C24H31FN4O3S/c1-4-15-29-22-12-11-19(33(31,32)28(5-2)6-3)16-21(22)27-23(29)13-14-24(30)26-17-18-9-7-8-10-20(18)25/h7-12,16H,4-6,13-15,17H2,1-3H3,(H,26,30). The summed E-state index contributed by atoms with van der Waals surface area (Å²) in [6.07, 6.45) is 1.47. The number of hydrogen-bond donors (Lipinski definition) is 1. The van der Waals surface area contributed by atoms with Crippen molar-refractivity contribution in [2.45, 2.75) is 58.0 Å². The van der Waals surface area contributed by atoms with Crippen LogP contribution in [0.25, 0.3) is 11.0 Å². The summed E-state index contributed by atoms with van der Waals surface area (Å²) >= 11 is 0. The van der Waals surface area contributed by atoms with Crippen molar-refractivity contribution in [3.8, 4) is 0 Å². The molecule has 0 atom stereocenters. The second-order valence-corrected chi connectivity index (χ2v) is 9.73. The zero-order chi connectivity index (χ0) is 24.0. The predicted octanol–water partition coefficient (Wildman–Crippen LogP) is 3.86. The highest BCUT2D eigenvalue weighted by atomic mass is 32.2. The van der Waals surface area contributed by atoms with Crippen molar-refractivity contribution in [1.29, 1.82) is 0 Å². The maximum atomic E-state index is 13.7. The molecule has 0 aliphatic rings. The van der Waals surface area contributed by atoms with E-state index in [1.807, 2.05) is 18.4 Å². The average molecular weight is 475 g/mol. The molecule has 9 heteroatoms. The summed E-state index contributed by atoms with van der Waals surface area (Å²) in [5.41, 5.74) is 1.88. The van der Waals surface area contributed by atoms with E-state index in [-0.39, 0.29) is 29.6 Å². The van der Waals surface area contributed by atoms with Gasteiger partial charge in [-0.05, 0) is 30.7 Å².